The molecule has 0 aliphatic rings. The molecule has 1 N–H and O–H groups in total. The van der Waals surface area contributed by atoms with E-state index in [-0.39, 0.29) is 10.7 Å². The van der Waals surface area contributed by atoms with Crippen molar-refractivity contribution in [2.75, 3.05) is 27.4 Å². The van der Waals surface area contributed by atoms with Crippen LogP contribution in [0.5, 0.6) is 5.75 Å². The summed E-state index contributed by atoms with van der Waals surface area (Å²) in [7, 11) is 3.21. The van der Waals surface area contributed by atoms with E-state index < -0.39 is 0 Å². The molecule has 4 nitrogen and oxygen atoms in total. The third-order valence-corrected chi connectivity index (χ3v) is 3.45. The van der Waals surface area contributed by atoms with E-state index in [0.29, 0.717) is 24.5 Å². The summed E-state index contributed by atoms with van der Waals surface area (Å²) in [5.74, 6) is 0.572. The molecule has 1 aromatic carbocycles. The molecule has 0 aliphatic heterocycles. The van der Waals surface area contributed by atoms with Gasteiger partial charge in [-0.3, -0.25) is 4.79 Å². The van der Waals surface area contributed by atoms with Gasteiger partial charge in [-0.1, -0.05) is 15.9 Å². The van der Waals surface area contributed by atoms with Crippen molar-refractivity contribution >= 4 is 37.8 Å². The van der Waals surface area contributed by atoms with Crippen LogP contribution in [0, 0.1) is 0 Å². The Labute approximate surface area is 123 Å². The number of ether oxygens (including phenoxy) is 2. The SMILES string of the molecule is COCC(Br)CNC(=O)c1ccc(OC)c(Br)c1. The standard InChI is InChI=1S/C12H15Br2NO3/c1-17-7-9(13)6-15-12(16)8-3-4-11(18-2)10(14)5-8/h3-5,9H,6-7H2,1-2H3,(H,15,16). The fraction of sp³-hybridized carbons (Fsp3) is 0.417. The zero-order chi connectivity index (χ0) is 13.5. The van der Waals surface area contributed by atoms with E-state index in [1.807, 2.05) is 0 Å². The zero-order valence-electron chi connectivity index (χ0n) is 10.2. The van der Waals surface area contributed by atoms with Crippen molar-refractivity contribution in [3.8, 4) is 5.75 Å². The summed E-state index contributed by atoms with van der Waals surface area (Å²) in [6, 6.07) is 5.20. The summed E-state index contributed by atoms with van der Waals surface area (Å²) >= 11 is 6.75. The van der Waals surface area contributed by atoms with Crippen molar-refractivity contribution in [1.82, 2.24) is 5.32 Å². The molecule has 0 heterocycles. The lowest BCUT2D eigenvalue weighted by molar-refractivity contribution is 0.0950. The predicted octanol–water partition coefficient (Wildman–Crippen LogP) is 2.60. The first-order valence-electron chi connectivity index (χ1n) is 5.33. The second-order valence-corrected chi connectivity index (χ2v) is 5.76. The second-order valence-electron chi connectivity index (χ2n) is 3.61. The Bertz CT molecular complexity index is 412. The highest BCUT2D eigenvalue weighted by atomic mass is 79.9. The van der Waals surface area contributed by atoms with Gasteiger partial charge in [0.05, 0.1) is 23.0 Å². The maximum atomic E-state index is 11.9. The minimum atomic E-state index is -0.126. The second kappa shape index (κ2) is 7.76. The molecule has 1 rings (SSSR count). The van der Waals surface area contributed by atoms with Crippen molar-refractivity contribution in [3.63, 3.8) is 0 Å². The minimum absolute atomic E-state index is 0.105. The number of halogens is 2. The Morgan fingerprint density at radius 3 is 2.72 bits per heavy atom. The first-order valence-corrected chi connectivity index (χ1v) is 7.04. The number of methoxy groups -OCH3 is 2. The van der Waals surface area contributed by atoms with E-state index in [4.69, 9.17) is 9.47 Å². The summed E-state index contributed by atoms with van der Waals surface area (Å²) in [4.78, 5) is 12.0. The lowest BCUT2D eigenvalue weighted by Gasteiger charge is -2.11. The van der Waals surface area contributed by atoms with Crippen molar-refractivity contribution in [1.29, 1.82) is 0 Å². The number of carbonyl (C=O) groups excluding carboxylic acids is 1. The summed E-state index contributed by atoms with van der Waals surface area (Å²) in [5, 5.41) is 2.82. The molecule has 1 atom stereocenters. The van der Waals surface area contributed by atoms with Gasteiger partial charge in [0, 0.05) is 19.2 Å². The van der Waals surface area contributed by atoms with Crippen LogP contribution in [0.2, 0.25) is 0 Å². The number of hydrogen-bond donors (Lipinski definition) is 1. The van der Waals surface area contributed by atoms with E-state index in [1.54, 1.807) is 32.4 Å². The van der Waals surface area contributed by atoms with Gasteiger partial charge in [0.2, 0.25) is 0 Å². The summed E-state index contributed by atoms with van der Waals surface area (Å²) in [5.41, 5.74) is 0.583. The molecule has 18 heavy (non-hydrogen) atoms. The van der Waals surface area contributed by atoms with Crippen molar-refractivity contribution < 1.29 is 14.3 Å². The molecule has 0 saturated carbocycles. The molecule has 1 aromatic rings. The number of rotatable bonds is 6. The third kappa shape index (κ3) is 4.59. The van der Waals surface area contributed by atoms with Gasteiger partial charge in [0.1, 0.15) is 5.75 Å². The van der Waals surface area contributed by atoms with Crippen LogP contribution in [0.4, 0.5) is 0 Å². The fourth-order valence-electron chi connectivity index (χ4n) is 1.35. The van der Waals surface area contributed by atoms with Crippen LogP contribution in [0.3, 0.4) is 0 Å². The number of carbonyl (C=O) groups is 1. The smallest absolute Gasteiger partial charge is 0.251 e. The topological polar surface area (TPSA) is 47.6 Å². The number of nitrogens with one attached hydrogen (secondary N) is 1. The van der Waals surface area contributed by atoms with Gasteiger partial charge < -0.3 is 14.8 Å². The summed E-state index contributed by atoms with van der Waals surface area (Å²) in [6.07, 6.45) is 0. The molecule has 0 aliphatic carbocycles. The van der Waals surface area contributed by atoms with Gasteiger partial charge in [-0.25, -0.2) is 0 Å². The van der Waals surface area contributed by atoms with Gasteiger partial charge in [0.15, 0.2) is 0 Å². The molecule has 0 saturated heterocycles. The number of amides is 1. The predicted molar refractivity (Wildman–Crippen MR) is 77.6 cm³/mol. The largest absolute Gasteiger partial charge is 0.496 e. The van der Waals surface area contributed by atoms with Gasteiger partial charge in [-0.05, 0) is 34.1 Å². The quantitative estimate of drug-likeness (QED) is 0.771. The molecule has 1 unspecified atom stereocenters. The van der Waals surface area contributed by atoms with E-state index in [0.717, 1.165) is 4.47 Å². The molecule has 100 valence electrons. The van der Waals surface area contributed by atoms with Crippen LogP contribution < -0.4 is 10.1 Å². The molecule has 1 amide bonds. The zero-order valence-corrected chi connectivity index (χ0v) is 13.4. The van der Waals surface area contributed by atoms with Gasteiger partial charge in [-0.15, -0.1) is 0 Å². The van der Waals surface area contributed by atoms with Gasteiger partial charge >= 0.3 is 0 Å². The lowest BCUT2D eigenvalue weighted by atomic mass is 10.2. The van der Waals surface area contributed by atoms with Crippen molar-refractivity contribution in [2.45, 2.75) is 4.83 Å². The van der Waals surface area contributed by atoms with Gasteiger partial charge in [-0.2, -0.15) is 0 Å². The lowest BCUT2D eigenvalue weighted by Crippen LogP contribution is -2.31. The summed E-state index contributed by atoms with van der Waals surface area (Å²) < 4.78 is 10.8. The third-order valence-electron chi connectivity index (χ3n) is 2.25. The molecular formula is C12H15Br2NO3. The van der Waals surface area contributed by atoms with E-state index >= 15 is 0 Å². The first kappa shape index (κ1) is 15.5. The van der Waals surface area contributed by atoms with Crippen LogP contribution in [0.1, 0.15) is 10.4 Å². The Morgan fingerprint density at radius 1 is 1.44 bits per heavy atom. The fourth-order valence-corrected chi connectivity index (χ4v) is 2.32. The number of benzene rings is 1. The Morgan fingerprint density at radius 2 is 2.17 bits per heavy atom. The van der Waals surface area contributed by atoms with E-state index in [1.165, 1.54) is 0 Å². The Kier molecular flexibility index (Phi) is 6.67. The first-order chi connectivity index (χ1) is 8.58. The molecule has 0 spiro atoms. The molecule has 0 aromatic heterocycles. The average molecular weight is 381 g/mol. The van der Waals surface area contributed by atoms with Gasteiger partial charge in [0.25, 0.3) is 5.91 Å². The van der Waals surface area contributed by atoms with Crippen molar-refractivity contribution in [2.24, 2.45) is 0 Å². The number of alkyl halides is 1. The molecule has 6 heteroatoms. The van der Waals surface area contributed by atoms with Crippen LogP contribution in [0.15, 0.2) is 22.7 Å². The Balaban J connectivity index is 2.59. The van der Waals surface area contributed by atoms with Crippen molar-refractivity contribution in [3.05, 3.63) is 28.2 Å². The molecular weight excluding hydrogens is 366 g/mol. The molecule has 0 fully saturated rings. The highest BCUT2D eigenvalue weighted by molar-refractivity contribution is 9.10. The monoisotopic (exact) mass is 379 g/mol. The van der Waals surface area contributed by atoms with Crippen LogP contribution >= 0.6 is 31.9 Å². The maximum absolute atomic E-state index is 11.9. The highest BCUT2D eigenvalue weighted by Gasteiger charge is 2.10. The summed E-state index contributed by atoms with van der Waals surface area (Å²) in [6.45, 7) is 1.06. The normalized spacial score (nSPS) is 12.0. The number of hydrogen-bond acceptors (Lipinski definition) is 3. The maximum Gasteiger partial charge on any atom is 0.251 e. The van der Waals surface area contributed by atoms with E-state index in [9.17, 15) is 4.79 Å². The van der Waals surface area contributed by atoms with Crippen LogP contribution in [0.25, 0.3) is 0 Å². The molecule has 0 bridgehead atoms. The minimum Gasteiger partial charge on any atom is -0.496 e. The van der Waals surface area contributed by atoms with Crippen LogP contribution in [-0.4, -0.2) is 38.1 Å². The Hall–Kier alpha value is -0.590. The molecule has 0 radical (unpaired) electrons. The van der Waals surface area contributed by atoms with Crippen LogP contribution in [-0.2, 0) is 4.74 Å². The average Bonchev–Trinajstić information content (AvgIpc) is 2.36. The highest BCUT2D eigenvalue weighted by Crippen LogP contribution is 2.25. The van der Waals surface area contributed by atoms with E-state index in [2.05, 4.69) is 37.2 Å².